The van der Waals surface area contributed by atoms with Crippen LogP contribution in [-0.2, 0) is 0 Å². The summed E-state index contributed by atoms with van der Waals surface area (Å²) in [6, 6.07) is 7.74. The average molecular weight is 227 g/mol. The molecule has 0 fully saturated rings. The molecule has 2 rings (SSSR count). The number of nitrogens with zero attached hydrogens (tertiary/aromatic N) is 2. The Morgan fingerprint density at radius 1 is 1.47 bits per heavy atom. The lowest BCUT2D eigenvalue weighted by molar-refractivity contribution is 0.0941. The van der Waals surface area contributed by atoms with Crippen molar-refractivity contribution in [3.05, 3.63) is 54.2 Å². The number of pyridine rings is 1. The normalized spacial score (nSPS) is 11.5. The Kier molecular flexibility index (Phi) is 3.17. The van der Waals surface area contributed by atoms with E-state index in [0.717, 1.165) is 0 Å². The first-order valence-corrected chi connectivity index (χ1v) is 4.95. The van der Waals surface area contributed by atoms with E-state index in [9.17, 15) is 4.79 Å². The van der Waals surface area contributed by atoms with Crippen LogP contribution in [0.3, 0.4) is 0 Å². The molecule has 0 aliphatic heterocycles. The second-order valence-electron chi connectivity index (χ2n) is 3.29. The van der Waals surface area contributed by atoms with E-state index in [2.05, 4.69) is 10.3 Å². The lowest BCUT2D eigenvalue weighted by Gasteiger charge is -2.08. The minimum absolute atomic E-state index is 0.360. The molecule has 1 N–H and O–H groups in total. The highest BCUT2D eigenvalue weighted by molar-refractivity contribution is 5.94. The molecule has 0 spiro atoms. The Labute approximate surface area is 97.7 Å². The Morgan fingerprint density at radius 2 is 2.35 bits per heavy atom. The summed E-state index contributed by atoms with van der Waals surface area (Å²) >= 11 is 0. The summed E-state index contributed by atoms with van der Waals surface area (Å²) in [7, 11) is 0. The van der Waals surface area contributed by atoms with Crippen molar-refractivity contribution in [3.8, 4) is 6.07 Å². The number of hydrogen-bond acceptors (Lipinski definition) is 4. The van der Waals surface area contributed by atoms with E-state index in [0.29, 0.717) is 11.3 Å². The van der Waals surface area contributed by atoms with Gasteiger partial charge in [-0.05, 0) is 24.3 Å². The minimum Gasteiger partial charge on any atom is -0.466 e. The predicted molar refractivity (Wildman–Crippen MR) is 58.8 cm³/mol. The van der Waals surface area contributed by atoms with Gasteiger partial charge in [-0.2, -0.15) is 5.26 Å². The van der Waals surface area contributed by atoms with Gasteiger partial charge in [-0.1, -0.05) is 0 Å². The van der Waals surface area contributed by atoms with Crippen molar-refractivity contribution in [1.82, 2.24) is 10.3 Å². The van der Waals surface area contributed by atoms with Gasteiger partial charge in [0.2, 0.25) is 0 Å². The highest BCUT2D eigenvalue weighted by Crippen LogP contribution is 2.12. The molecule has 0 aromatic carbocycles. The van der Waals surface area contributed by atoms with Crippen LogP contribution in [0, 0.1) is 11.3 Å². The summed E-state index contributed by atoms with van der Waals surface area (Å²) in [6.45, 7) is 0. The molecule has 2 aromatic rings. The van der Waals surface area contributed by atoms with E-state index in [4.69, 9.17) is 9.68 Å². The van der Waals surface area contributed by atoms with Crippen molar-refractivity contribution in [3.63, 3.8) is 0 Å². The van der Waals surface area contributed by atoms with Crippen molar-refractivity contribution in [1.29, 1.82) is 5.26 Å². The zero-order valence-electron chi connectivity index (χ0n) is 8.83. The predicted octanol–water partition coefficient (Wildman–Crippen LogP) is 1.67. The van der Waals surface area contributed by atoms with Crippen molar-refractivity contribution in [2.45, 2.75) is 6.04 Å². The molecule has 17 heavy (non-hydrogen) atoms. The summed E-state index contributed by atoms with van der Waals surface area (Å²) in [4.78, 5) is 15.6. The summed E-state index contributed by atoms with van der Waals surface area (Å²) in [5.41, 5.74) is 0.402. The number of amides is 1. The van der Waals surface area contributed by atoms with Crippen molar-refractivity contribution < 1.29 is 9.21 Å². The molecule has 84 valence electrons. The third kappa shape index (κ3) is 2.49. The molecule has 0 aliphatic carbocycles. The molecule has 2 aromatic heterocycles. The van der Waals surface area contributed by atoms with Gasteiger partial charge in [0.1, 0.15) is 5.76 Å². The molecule has 0 saturated carbocycles. The molecule has 0 radical (unpaired) electrons. The monoisotopic (exact) mass is 227 g/mol. The molecule has 5 heteroatoms. The van der Waals surface area contributed by atoms with Gasteiger partial charge >= 0.3 is 0 Å². The first kappa shape index (κ1) is 10.9. The molecule has 2 heterocycles. The zero-order valence-corrected chi connectivity index (χ0v) is 8.83. The number of hydrogen-bond donors (Lipinski definition) is 1. The van der Waals surface area contributed by atoms with Gasteiger partial charge in [0, 0.05) is 12.4 Å². The number of aromatic nitrogens is 1. The Hall–Kier alpha value is -2.61. The minimum atomic E-state index is -0.794. The smallest absolute Gasteiger partial charge is 0.254 e. The molecule has 0 saturated heterocycles. The van der Waals surface area contributed by atoms with Gasteiger partial charge in [-0.25, -0.2) is 0 Å². The number of nitriles is 1. The fourth-order valence-electron chi connectivity index (χ4n) is 1.33. The fourth-order valence-corrected chi connectivity index (χ4v) is 1.33. The quantitative estimate of drug-likeness (QED) is 0.864. The third-order valence-electron chi connectivity index (χ3n) is 2.16. The van der Waals surface area contributed by atoms with Gasteiger partial charge in [0.05, 0.1) is 17.9 Å². The second kappa shape index (κ2) is 4.94. The van der Waals surface area contributed by atoms with Gasteiger partial charge in [-0.3, -0.25) is 9.78 Å². The number of rotatable bonds is 3. The largest absolute Gasteiger partial charge is 0.466 e. The van der Waals surface area contributed by atoms with E-state index in [-0.39, 0.29) is 5.91 Å². The van der Waals surface area contributed by atoms with Gasteiger partial charge in [0.25, 0.3) is 5.91 Å². The molecular formula is C12H9N3O2. The summed E-state index contributed by atoms with van der Waals surface area (Å²) in [6.07, 6.45) is 4.47. The summed E-state index contributed by atoms with van der Waals surface area (Å²) in [5, 5.41) is 11.5. The van der Waals surface area contributed by atoms with Crippen LogP contribution in [0.2, 0.25) is 0 Å². The van der Waals surface area contributed by atoms with Crippen LogP contribution in [0.1, 0.15) is 22.2 Å². The average Bonchev–Trinajstić information content (AvgIpc) is 2.90. The van der Waals surface area contributed by atoms with E-state index >= 15 is 0 Å². The van der Waals surface area contributed by atoms with Crippen molar-refractivity contribution >= 4 is 5.91 Å². The number of furan rings is 1. The third-order valence-corrected chi connectivity index (χ3v) is 2.16. The van der Waals surface area contributed by atoms with E-state index in [1.807, 2.05) is 6.07 Å². The number of carbonyl (C=O) groups is 1. The second-order valence-corrected chi connectivity index (χ2v) is 3.29. The maximum Gasteiger partial charge on any atom is 0.254 e. The first-order valence-electron chi connectivity index (χ1n) is 4.95. The fraction of sp³-hybridized carbons (Fsp3) is 0.0833. The Balaban J connectivity index is 2.11. The molecule has 0 bridgehead atoms. The molecule has 1 atom stereocenters. The van der Waals surface area contributed by atoms with Crippen molar-refractivity contribution in [2.75, 3.05) is 0 Å². The maximum atomic E-state index is 11.8. The van der Waals surface area contributed by atoms with E-state index in [1.165, 1.54) is 12.5 Å². The van der Waals surface area contributed by atoms with Crippen LogP contribution in [0.4, 0.5) is 0 Å². The molecule has 0 aliphatic rings. The topological polar surface area (TPSA) is 78.9 Å². The van der Waals surface area contributed by atoms with Gasteiger partial charge < -0.3 is 9.73 Å². The van der Waals surface area contributed by atoms with Gasteiger partial charge in [-0.15, -0.1) is 0 Å². The standard InChI is InChI=1S/C12H9N3O2/c13-7-10(11-4-2-6-17-11)15-12(16)9-3-1-5-14-8-9/h1-6,8,10H,(H,15,16). The molecule has 1 unspecified atom stereocenters. The van der Waals surface area contributed by atoms with Crippen LogP contribution >= 0.6 is 0 Å². The highest BCUT2D eigenvalue weighted by atomic mass is 16.3. The SMILES string of the molecule is N#CC(NC(=O)c1cccnc1)c1ccco1. The van der Waals surface area contributed by atoms with E-state index in [1.54, 1.807) is 30.5 Å². The van der Waals surface area contributed by atoms with Crippen molar-refractivity contribution in [2.24, 2.45) is 0 Å². The zero-order chi connectivity index (χ0) is 12.1. The van der Waals surface area contributed by atoms with Crippen LogP contribution in [0.15, 0.2) is 47.3 Å². The van der Waals surface area contributed by atoms with E-state index < -0.39 is 6.04 Å². The summed E-state index contributed by atoms with van der Waals surface area (Å²) < 4.78 is 5.07. The molecule has 5 nitrogen and oxygen atoms in total. The first-order chi connectivity index (χ1) is 8.31. The van der Waals surface area contributed by atoms with Crippen LogP contribution in [0.25, 0.3) is 0 Å². The lowest BCUT2D eigenvalue weighted by atomic mass is 10.2. The van der Waals surface area contributed by atoms with Crippen LogP contribution in [0.5, 0.6) is 0 Å². The molecular weight excluding hydrogens is 218 g/mol. The summed E-state index contributed by atoms with van der Waals surface area (Å²) in [5.74, 6) is 0.0470. The van der Waals surface area contributed by atoms with Crippen LogP contribution < -0.4 is 5.32 Å². The van der Waals surface area contributed by atoms with Gasteiger partial charge in [0.15, 0.2) is 6.04 Å². The number of carbonyl (C=O) groups excluding carboxylic acids is 1. The number of nitrogens with one attached hydrogen (secondary N) is 1. The highest BCUT2D eigenvalue weighted by Gasteiger charge is 2.17. The maximum absolute atomic E-state index is 11.8. The molecule has 1 amide bonds. The Morgan fingerprint density at radius 3 is 2.94 bits per heavy atom. The Bertz CT molecular complexity index is 529. The lowest BCUT2D eigenvalue weighted by Crippen LogP contribution is -2.27. The van der Waals surface area contributed by atoms with Crippen LogP contribution in [-0.4, -0.2) is 10.9 Å².